The zero-order chi connectivity index (χ0) is 14.2. The second-order valence-corrected chi connectivity index (χ2v) is 5.37. The Bertz CT molecular complexity index is 646. The number of halogens is 1. The lowest BCUT2D eigenvalue weighted by molar-refractivity contribution is 0.102. The van der Waals surface area contributed by atoms with Crippen LogP contribution in [0.2, 0.25) is 0 Å². The minimum atomic E-state index is -0.204. The van der Waals surface area contributed by atoms with Gasteiger partial charge in [-0.25, -0.2) is 0 Å². The molecule has 4 nitrogen and oxygen atoms in total. The van der Waals surface area contributed by atoms with Crippen LogP contribution in [0.5, 0.6) is 0 Å². The number of hydrogen-bond donors (Lipinski definition) is 1. The molecule has 2 rings (SSSR count). The number of aromatic nitrogens is 2. The molecule has 0 bridgehead atoms. The molecule has 5 heteroatoms. The lowest BCUT2D eigenvalue weighted by Crippen LogP contribution is -2.14. The summed E-state index contributed by atoms with van der Waals surface area (Å²) in [7, 11) is 1.81. The smallest absolute Gasteiger partial charge is 0.277 e. The number of amides is 1. The summed E-state index contributed by atoms with van der Waals surface area (Å²) in [4.78, 5) is 12.2. The van der Waals surface area contributed by atoms with Crippen LogP contribution in [-0.4, -0.2) is 15.7 Å². The molecule has 1 N–H and O–H groups in total. The van der Waals surface area contributed by atoms with Crippen molar-refractivity contribution < 1.29 is 4.79 Å². The number of benzene rings is 1. The fourth-order valence-electron chi connectivity index (χ4n) is 1.80. The molecule has 1 amide bonds. The van der Waals surface area contributed by atoms with Crippen molar-refractivity contribution in [2.75, 3.05) is 5.32 Å². The highest BCUT2D eigenvalue weighted by molar-refractivity contribution is 9.10. The van der Waals surface area contributed by atoms with Crippen molar-refractivity contribution in [3.63, 3.8) is 0 Å². The molecule has 1 aromatic carbocycles. The van der Waals surface area contributed by atoms with Crippen LogP contribution in [0.4, 0.5) is 5.69 Å². The Morgan fingerprint density at radius 2 is 2.00 bits per heavy atom. The second-order valence-electron chi connectivity index (χ2n) is 4.57. The van der Waals surface area contributed by atoms with Gasteiger partial charge < -0.3 is 5.32 Å². The number of nitrogens with one attached hydrogen (secondary N) is 1. The molecule has 1 heterocycles. The van der Waals surface area contributed by atoms with Crippen molar-refractivity contribution in [3.8, 4) is 0 Å². The molecule has 0 radical (unpaired) electrons. The van der Waals surface area contributed by atoms with Gasteiger partial charge in [0.25, 0.3) is 5.91 Å². The van der Waals surface area contributed by atoms with Crippen molar-refractivity contribution in [2.45, 2.75) is 20.8 Å². The summed E-state index contributed by atoms with van der Waals surface area (Å²) >= 11 is 3.40. The van der Waals surface area contributed by atoms with E-state index in [0.29, 0.717) is 5.69 Å². The Kier molecular flexibility index (Phi) is 3.75. The quantitative estimate of drug-likeness (QED) is 0.921. The molecule has 19 heavy (non-hydrogen) atoms. The van der Waals surface area contributed by atoms with Gasteiger partial charge in [0.1, 0.15) is 0 Å². The first kappa shape index (κ1) is 13.8. The molecule has 0 unspecified atom stereocenters. The zero-order valence-electron chi connectivity index (χ0n) is 11.4. The molecule has 0 aliphatic rings. The molecule has 2 aromatic rings. The van der Waals surface area contributed by atoms with Gasteiger partial charge in [-0.05, 0) is 53.9 Å². The van der Waals surface area contributed by atoms with Crippen LogP contribution in [0.15, 0.2) is 22.7 Å². The van der Waals surface area contributed by atoms with Crippen molar-refractivity contribution in [2.24, 2.45) is 7.05 Å². The zero-order valence-corrected chi connectivity index (χ0v) is 13.0. The molecule has 0 saturated heterocycles. The highest BCUT2D eigenvalue weighted by atomic mass is 79.9. The monoisotopic (exact) mass is 321 g/mol. The largest absolute Gasteiger partial charge is 0.320 e. The minimum absolute atomic E-state index is 0.204. The third kappa shape index (κ3) is 2.56. The minimum Gasteiger partial charge on any atom is -0.320 e. The van der Waals surface area contributed by atoms with Crippen LogP contribution in [0.25, 0.3) is 0 Å². The Labute approximate surface area is 120 Å². The van der Waals surface area contributed by atoms with E-state index in [1.165, 1.54) is 0 Å². The van der Waals surface area contributed by atoms with Gasteiger partial charge in [-0.15, -0.1) is 0 Å². The topological polar surface area (TPSA) is 46.9 Å². The van der Waals surface area contributed by atoms with E-state index in [2.05, 4.69) is 26.3 Å². The Morgan fingerprint density at radius 1 is 1.32 bits per heavy atom. The van der Waals surface area contributed by atoms with Crippen LogP contribution in [0, 0.1) is 20.8 Å². The predicted octanol–water partition coefficient (Wildman–Crippen LogP) is 3.36. The SMILES string of the molecule is Cc1cccc(NC(=O)c2nn(C)c(C)c2Br)c1C. The standard InChI is InChI=1S/C14H16BrN3O/c1-8-6-5-7-11(9(8)2)16-14(19)13-12(15)10(3)18(4)17-13/h5-7H,1-4H3,(H,16,19). The highest BCUT2D eigenvalue weighted by Gasteiger charge is 2.18. The first-order valence-electron chi connectivity index (χ1n) is 5.98. The molecule has 0 aliphatic carbocycles. The number of carbonyl (C=O) groups is 1. The van der Waals surface area contributed by atoms with Gasteiger partial charge in [0.15, 0.2) is 5.69 Å². The summed E-state index contributed by atoms with van der Waals surface area (Å²) in [6, 6.07) is 5.84. The predicted molar refractivity (Wildman–Crippen MR) is 79.5 cm³/mol. The first-order valence-corrected chi connectivity index (χ1v) is 6.77. The van der Waals surface area contributed by atoms with Gasteiger partial charge in [0.2, 0.25) is 0 Å². The number of carbonyl (C=O) groups excluding carboxylic acids is 1. The number of aryl methyl sites for hydroxylation is 2. The van der Waals surface area contributed by atoms with Gasteiger partial charge in [-0.1, -0.05) is 12.1 Å². The van der Waals surface area contributed by atoms with Crippen molar-refractivity contribution >= 4 is 27.5 Å². The third-order valence-electron chi connectivity index (χ3n) is 3.33. The lowest BCUT2D eigenvalue weighted by atomic mass is 10.1. The average molecular weight is 322 g/mol. The molecule has 0 spiro atoms. The van der Waals surface area contributed by atoms with Crippen LogP contribution in [-0.2, 0) is 7.05 Å². The Balaban J connectivity index is 2.31. The van der Waals surface area contributed by atoms with E-state index in [1.807, 2.05) is 46.0 Å². The van der Waals surface area contributed by atoms with Crippen LogP contribution < -0.4 is 5.32 Å². The third-order valence-corrected chi connectivity index (χ3v) is 4.28. The summed E-state index contributed by atoms with van der Waals surface area (Å²) in [6.07, 6.45) is 0. The van der Waals surface area contributed by atoms with Crippen LogP contribution in [0.3, 0.4) is 0 Å². The number of anilines is 1. The maximum atomic E-state index is 12.2. The molecule has 0 fully saturated rings. The summed E-state index contributed by atoms with van der Waals surface area (Å²) in [5.41, 5.74) is 4.36. The van der Waals surface area contributed by atoms with Crippen LogP contribution >= 0.6 is 15.9 Å². The fourth-order valence-corrected chi connectivity index (χ4v) is 2.31. The molecular weight excluding hydrogens is 306 g/mol. The number of nitrogens with zero attached hydrogens (tertiary/aromatic N) is 2. The summed E-state index contributed by atoms with van der Waals surface area (Å²) in [6.45, 7) is 5.92. The molecular formula is C14H16BrN3O. The van der Waals surface area contributed by atoms with Gasteiger partial charge in [0.05, 0.1) is 10.2 Å². The van der Waals surface area contributed by atoms with Gasteiger partial charge >= 0.3 is 0 Å². The van der Waals surface area contributed by atoms with E-state index >= 15 is 0 Å². The maximum absolute atomic E-state index is 12.2. The second kappa shape index (κ2) is 5.17. The van der Waals surface area contributed by atoms with E-state index in [1.54, 1.807) is 4.68 Å². The highest BCUT2D eigenvalue weighted by Crippen LogP contribution is 2.23. The molecule has 0 atom stereocenters. The van der Waals surface area contributed by atoms with E-state index in [9.17, 15) is 4.79 Å². The molecule has 100 valence electrons. The van der Waals surface area contributed by atoms with E-state index in [-0.39, 0.29) is 5.91 Å². The summed E-state index contributed by atoms with van der Waals surface area (Å²) in [5, 5.41) is 7.12. The lowest BCUT2D eigenvalue weighted by Gasteiger charge is -2.09. The van der Waals surface area contributed by atoms with Gasteiger partial charge in [0, 0.05) is 12.7 Å². The van der Waals surface area contributed by atoms with Crippen molar-refractivity contribution in [1.82, 2.24) is 9.78 Å². The molecule has 0 saturated carbocycles. The van der Waals surface area contributed by atoms with Crippen molar-refractivity contribution in [3.05, 3.63) is 45.2 Å². The van der Waals surface area contributed by atoms with E-state index in [0.717, 1.165) is 27.0 Å². The normalized spacial score (nSPS) is 10.6. The fraction of sp³-hybridized carbons (Fsp3) is 0.286. The van der Waals surface area contributed by atoms with Gasteiger partial charge in [-0.2, -0.15) is 5.10 Å². The number of hydrogen-bond acceptors (Lipinski definition) is 2. The van der Waals surface area contributed by atoms with Crippen LogP contribution in [0.1, 0.15) is 27.3 Å². The summed E-state index contributed by atoms with van der Waals surface area (Å²) in [5.74, 6) is -0.204. The Morgan fingerprint density at radius 3 is 2.58 bits per heavy atom. The average Bonchev–Trinajstić information content (AvgIpc) is 2.63. The maximum Gasteiger partial charge on any atom is 0.277 e. The molecule has 1 aromatic heterocycles. The Hall–Kier alpha value is -1.62. The first-order chi connectivity index (χ1) is 8.91. The number of rotatable bonds is 2. The summed E-state index contributed by atoms with van der Waals surface area (Å²) < 4.78 is 2.42. The van der Waals surface area contributed by atoms with Crippen molar-refractivity contribution in [1.29, 1.82) is 0 Å². The van der Waals surface area contributed by atoms with Gasteiger partial charge in [-0.3, -0.25) is 9.48 Å². The molecule has 0 aliphatic heterocycles. The van der Waals surface area contributed by atoms with E-state index in [4.69, 9.17) is 0 Å². The van der Waals surface area contributed by atoms with E-state index < -0.39 is 0 Å².